The second kappa shape index (κ2) is 9.75. The number of carbonyl (C=O) groups excluding carboxylic acids is 2. The first kappa shape index (κ1) is 25.4. The molecule has 12 heteroatoms. The lowest BCUT2D eigenvalue weighted by Gasteiger charge is -2.41. The van der Waals surface area contributed by atoms with Gasteiger partial charge in [-0.1, -0.05) is 20.8 Å². The maximum Gasteiger partial charge on any atom is 0.405 e. The average molecular weight is 504 g/mol. The summed E-state index contributed by atoms with van der Waals surface area (Å²) in [5, 5.41) is 2.78. The van der Waals surface area contributed by atoms with Gasteiger partial charge in [0.15, 0.2) is 5.82 Å². The van der Waals surface area contributed by atoms with E-state index in [0.717, 1.165) is 5.39 Å². The molecule has 36 heavy (non-hydrogen) atoms. The van der Waals surface area contributed by atoms with Gasteiger partial charge >= 0.3 is 6.18 Å². The van der Waals surface area contributed by atoms with E-state index >= 15 is 0 Å². The molecule has 1 aliphatic heterocycles. The fourth-order valence-electron chi connectivity index (χ4n) is 4.16. The predicted molar refractivity (Wildman–Crippen MR) is 128 cm³/mol. The molecular formula is C24H28F3N7O2. The van der Waals surface area contributed by atoms with Gasteiger partial charge in [0.25, 0.3) is 0 Å². The van der Waals surface area contributed by atoms with Gasteiger partial charge in [0.1, 0.15) is 24.1 Å². The highest BCUT2D eigenvalue weighted by atomic mass is 19.4. The van der Waals surface area contributed by atoms with E-state index in [1.807, 2.05) is 32.2 Å². The third kappa shape index (κ3) is 5.92. The fourth-order valence-corrected chi connectivity index (χ4v) is 4.16. The van der Waals surface area contributed by atoms with Crippen molar-refractivity contribution in [1.29, 1.82) is 0 Å². The number of H-pyrrole nitrogens is 1. The molecule has 1 saturated heterocycles. The van der Waals surface area contributed by atoms with Gasteiger partial charge in [0.2, 0.25) is 11.8 Å². The topological polar surface area (TPSA) is 107 Å². The number of rotatable bonds is 5. The number of alkyl halides is 3. The van der Waals surface area contributed by atoms with E-state index in [9.17, 15) is 22.8 Å². The van der Waals surface area contributed by atoms with Crippen molar-refractivity contribution in [3.63, 3.8) is 0 Å². The maximum atomic E-state index is 12.9. The van der Waals surface area contributed by atoms with Crippen LogP contribution in [0.4, 0.5) is 19.0 Å². The molecule has 1 atom stereocenters. The lowest BCUT2D eigenvalue weighted by molar-refractivity contribution is -0.141. The first-order valence-corrected chi connectivity index (χ1v) is 11.6. The van der Waals surface area contributed by atoms with Crippen LogP contribution >= 0.6 is 0 Å². The van der Waals surface area contributed by atoms with Crippen LogP contribution in [0.5, 0.6) is 0 Å². The third-order valence-corrected chi connectivity index (χ3v) is 5.81. The summed E-state index contributed by atoms with van der Waals surface area (Å²) in [6, 6.07) is 4.22. The number of hydrogen-bond acceptors (Lipinski definition) is 6. The second-order valence-electron chi connectivity index (χ2n) is 9.96. The standard InChI is InChI=1S/C24H28F3N7O2/c1-23(2,3)11-19(35)33-9-10-34(17(13-33)22(36)31-14-24(25,26)27)18-6-8-29-21(32-18)16-12-30-20-15(16)5-4-7-28-20/h4-8,12,17H,9-11,13-14H2,1-3H3,(H,28,30)(H,31,36). The van der Waals surface area contributed by atoms with E-state index in [0.29, 0.717) is 29.4 Å². The summed E-state index contributed by atoms with van der Waals surface area (Å²) >= 11 is 0. The maximum absolute atomic E-state index is 12.9. The van der Waals surface area contributed by atoms with Gasteiger partial charge in [-0.05, 0) is 23.6 Å². The van der Waals surface area contributed by atoms with E-state index in [1.165, 1.54) is 11.1 Å². The van der Waals surface area contributed by atoms with Crippen molar-refractivity contribution in [3.05, 3.63) is 36.8 Å². The molecule has 1 aliphatic rings. The van der Waals surface area contributed by atoms with Crippen molar-refractivity contribution in [2.75, 3.05) is 31.1 Å². The summed E-state index contributed by atoms with van der Waals surface area (Å²) in [4.78, 5) is 45.2. The molecule has 0 aliphatic carbocycles. The van der Waals surface area contributed by atoms with E-state index in [1.54, 1.807) is 29.4 Å². The molecule has 4 rings (SSSR count). The highest BCUT2D eigenvalue weighted by Crippen LogP contribution is 2.28. The second-order valence-corrected chi connectivity index (χ2v) is 9.96. The van der Waals surface area contributed by atoms with Crippen LogP contribution in [0, 0.1) is 5.41 Å². The minimum atomic E-state index is -4.55. The normalized spacial score (nSPS) is 16.9. The molecular weight excluding hydrogens is 475 g/mol. The molecule has 1 unspecified atom stereocenters. The number of pyridine rings is 1. The Bertz CT molecular complexity index is 1250. The zero-order valence-electron chi connectivity index (χ0n) is 20.3. The van der Waals surface area contributed by atoms with Gasteiger partial charge in [-0.3, -0.25) is 9.59 Å². The molecule has 0 saturated carbocycles. The molecule has 0 bridgehead atoms. The molecule has 3 aromatic heterocycles. The Labute approximate surface area is 206 Å². The Morgan fingerprint density at radius 3 is 2.64 bits per heavy atom. The molecule has 0 aromatic carbocycles. The van der Waals surface area contributed by atoms with Gasteiger partial charge in [0.05, 0.1) is 6.54 Å². The number of aromatic amines is 1. The van der Waals surface area contributed by atoms with Crippen LogP contribution in [-0.4, -0.2) is 75.0 Å². The number of anilines is 1. The van der Waals surface area contributed by atoms with E-state index in [4.69, 9.17) is 0 Å². The van der Waals surface area contributed by atoms with Crippen LogP contribution in [0.25, 0.3) is 22.4 Å². The van der Waals surface area contributed by atoms with Crippen molar-refractivity contribution < 1.29 is 22.8 Å². The van der Waals surface area contributed by atoms with Crippen LogP contribution in [0.2, 0.25) is 0 Å². The summed E-state index contributed by atoms with van der Waals surface area (Å²) in [5.41, 5.74) is 1.10. The molecule has 4 heterocycles. The van der Waals surface area contributed by atoms with Gasteiger partial charge in [-0.15, -0.1) is 0 Å². The number of piperazine rings is 1. The Balaban J connectivity index is 1.62. The first-order valence-electron chi connectivity index (χ1n) is 11.6. The van der Waals surface area contributed by atoms with Crippen molar-refractivity contribution in [2.24, 2.45) is 5.41 Å². The number of amides is 2. The van der Waals surface area contributed by atoms with E-state index in [-0.39, 0.29) is 30.8 Å². The van der Waals surface area contributed by atoms with Gasteiger partial charge in [-0.25, -0.2) is 15.0 Å². The fraction of sp³-hybridized carbons (Fsp3) is 0.458. The van der Waals surface area contributed by atoms with Crippen LogP contribution in [0.1, 0.15) is 27.2 Å². The Morgan fingerprint density at radius 2 is 1.92 bits per heavy atom. The number of nitrogens with one attached hydrogen (secondary N) is 2. The Kier molecular flexibility index (Phi) is 6.87. The minimum Gasteiger partial charge on any atom is -0.345 e. The van der Waals surface area contributed by atoms with Gasteiger partial charge in [-0.2, -0.15) is 13.2 Å². The van der Waals surface area contributed by atoms with Crippen LogP contribution < -0.4 is 10.2 Å². The zero-order valence-corrected chi connectivity index (χ0v) is 20.3. The smallest absolute Gasteiger partial charge is 0.345 e. The number of aromatic nitrogens is 4. The SMILES string of the molecule is CC(C)(C)CC(=O)N1CCN(c2ccnc(-c3c[nH]c4ncccc34)n2)C(C(=O)NCC(F)(F)F)C1. The summed E-state index contributed by atoms with van der Waals surface area (Å²) in [7, 11) is 0. The summed E-state index contributed by atoms with van der Waals surface area (Å²) < 4.78 is 38.4. The molecule has 2 amide bonds. The quantitative estimate of drug-likeness (QED) is 0.554. The molecule has 9 nitrogen and oxygen atoms in total. The van der Waals surface area contributed by atoms with E-state index < -0.39 is 24.7 Å². The predicted octanol–water partition coefficient (Wildman–Crippen LogP) is 3.15. The van der Waals surface area contributed by atoms with E-state index in [2.05, 4.69) is 19.9 Å². The van der Waals surface area contributed by atoms with Crippen LogP contribution in [0.3, 0.4) is 0 Å². The number of halogens is 3. The molecule has 3 aromatic rings. The minimum absolute atomic E-state index is 0.0467. The largest absolute Gasteiger partial charge is 0.405 e. The van der Waals surface area contributed by atoms with Crippen molar-refractivity contribution in [1.82, 2.24) is 30.2 Å². The zero-order chi connectivity index (χ0) is 26.1. The lowest BCUT2D eigenvalue weighted by Crippen LogP contribution is -2.61. The number of hydrogen-bond donors (Lipinski definition) is 2. The Hall–Kier alpha value is -3.70. The highest BCUT2D eigenvalue weighted by molar-refractivity contribution is 5.92. The number of fused-ring (bicyclic) bond motifs is 1. The molecule has 0 radical (unpaired) electrons. The average Bonchev–Trinajstić information content (AvgIpc) is 3.25. The summed E-state index contributed by atoms with van der Waals surface area (Å²) in [5.74, 6) is -0.205. The van der Waals surface area contributed by atoms with Gasteiger partial charge in [0, 0.05) is 49.1 Å². The Morgan fingerprint density at radius 1 is 1.14 bits per heavy atom. The van der Waals surface area contributed by atoms with Crippen LogP contribution in [-0.2, 0) is 9.59 Å². The van der Waals surface area contributed by atoms with Crippen molar-refractivity contribution >= 4 is 28.7 Å². The first-order chi connectivity index (χ1) is 16.9. The van der Waals surface area contributed by atoms with Crippen LogP contribution in [0.15, 0.2) is 36.8 Å². The molecule has 1 fully saturated rings. The molecule has 0 spiro atoms. The van der Waals surface area contributed by atoms with Crippen molar-refractivity contribution in [2.45, 2.75) is 39.4 Å². The number of nitrogens with zero attached hydrogens (tertiary/aromatic N) is 5. The van der Waals surface area contributed by atoms with Crippen molar-refractivity contribution in [3.8, 4) is 11.4 Å². The third-order valence-electron chi connectivity index (χ3n) is 5.81. The highest BCUT2D eigenvalue weighted by Gasteiger charge is 2.38. The molecule has 192 valence electrons. The molecule has 2 N–H and O–H groups in total. The number of carbonyl (C=O) groups is 2. The lowest BCUT2D eigenvalue weighted by atomic mass is 9.91. The summed E-state index contributed by atoms with van der Waals surface area (Å²) in [6.45, 7) is 4.82. The summed E-state index contributed by atoms with van der Waals surface area (Å²) in [6.07, 6.45) is 0.630. The van der Waals surface area contributed by atoms with Gasteiger partial charge < -0.3 is 20.1 Å². The monoisotopic (exact) mass is 503 g/mol.